The van der Waals surface area contributed by atoms with Crippen LogP contribution in [0.2, 0.25) is 0 Å². The van der Waals surface area contributed by atoms with E-state index < -0.39 is 0 Å². The Morgan fingerprint density at radius 1 is 0.649 bits per heavy atom. The molecule has 0 saturated heterocycles. The zero-order valence-corrected chi connectivity index (χ0v) is 22.8. The topological polar surface area (TPSA) is 34.1 Å². The second-order valence-corrected chi connectivity index (χ2v) is 9.90. The number of aryl methyl sites for hydroxylation is 2. The van der Waals surface area contributed by atoms with Gasteiger partial charge in [0.15, 0.2) is 5.17 Å². The van der Waals surface area contributed by atoms with Gasteiger partial charge in [-0.25, -0.2) is 4.99 Å². The molecule has 5 heteroatoms. The van der Waals surface area contributed by atoms with E-state index in [2.05, 4.69) is 91.5 Å². The number of para-hydroxylation sites is 1. The predicted molar refractivity (Wildman–Crippen MR) is 156 cm³/mol. The summed E-state index contributed by atoms with van der Waals surface area (Å²) in [4.78, 5) is 7.65. The minimum atomic E-state index is 0.724. The highest BCUT2D eigenvalue weighted by atomic mass is 32.2. The fourth-order valence-corrected chi connectivity index (χ4v) is 5.04. The number of nitrogens with zero attached hydrogens (tertiary/aromatic N) is 2. The number of rotatable bonds is 9. The lowest BCUT2D eigenvalue weighted by Crippen LogP contribution is -2.28. The molecular formula is C32H34N2O2S. The summed E-state index contributed by atoms with van der Waals surface area (Å²) in [5.41, 5.74) is 7.05. The fraction of sp³-hybridized carbons (Fsp3) is 0.219. The maximum atomic E-state index is 5.38. The first-order chi connectivity index (χ1) is 18.1. The van der Waals surface area contributed by atoms with Gasteiger partial charge in [0.25, 0.3) is 0 Å². The van der Waals surface area contributed by atoms with Gasteiger partial charge in [0, 0.05) is 18.8 Å². The largest absolute Gasteiger partial charge is 0.497 e. The van der Waals surface area contributed by atoms with Gasteiger partial charge >= 0.3 is 0 Å². The van der Waals surface area contributed by atoms with E-state index >= 15 is 0 Å². The van der Waals surface area contributed by atoms with Crippen molar-refractivity contribution >= 4 is 22.6 Å². The Kier molecular flexibility index (Phi) is 9.28. The average Bonchev–Trinajstić information content (AvgIpc) is 2.93. The summed E-state index contributed by atoms with van der Waals surface area (Å²) in [5.74, 6) is 2.55. The zero-order valence-electron chi connectivity index (χ0n) is 22.0. The molecular weight excluding hydrogens is 476 g/mol. The van der Waals surface area contributed by atoms with Gasteiger partial charge in [0.2, 0.25) is 0 Å². The molecule has 4 aromatic carbocycles. The monoisotopic (exact) mass is 510 g/mol. The van der Waals surface area contributed by atoms with E-state index in [1.54, 1.807) is 26.0 Å². The van der Waals surface area contributed by atoms with Gasteiger partial charge in [-0.3, -0.25) is 0 Å². The number of benzene rings is 4. The summed E-state index contributed by atoms with van der Waals surface area (Å²) in [6, 6.07) is 33.5. The van der Waals surface area contributed by atoms with Gasteiger partial charge in [-0.2, -0.15) is 0 Å². The second-order valence-electron chi connectivity index (χ2n) is 8.96. The smallest absolute Gasteiger partial charge is 0.165 e. The molecule has 0 bridgehead atoms. The first-order valence-corrected chi connectivity index (χ1v) is 13.4. The van der Waals surface area contributed by atoms with Crippen molar-refractivity contribution in [2.24, 2.45) is 4.99 Å². The summed E-state index contributed by atoms with van der Waals surface area (Å²) in [6.07, 6.45) is 0. The number of ether oxygens (including phenoxy) is 2. The number of amidine groups is 1. The van der Waals surface area contributed by atoms with E-state index in [0.29, 0.717) is 0 Å². The van der Waals surface area contributed by atoms with E-state index in [9.17, 15) is 0 Å². The van der Waals surface area contributed by atoms with Crippen molar-refractivity contribution in [3.63, 3.8) is 0 Å². The summed E-state index contributed by atoms with van der Waals surface area (Å²) in [5, 5.41) is 0.993. The minimum absolute atomic E-state index is 0.724. The van der Waals surface area contributed by atoms with Gasteiger partial charge in [-0.1, -0.05) is 84.6 Å². The summed E-state index contributed by atoms with van der Waals surface area (Å²) in [6.45, 7) is 5.70. The highest BCUT2D eigenvalue weighted by molar-refractivity contribution is 8.13. The van der Waals surface area contributed by atoms with E-state index in [-0.39, 0.29) is 0 Å². The van der Waals surface area contributed by atoms with Crippen LogP contribution in [-0.2, 0) is 18.8 Å². The lowest BCUT2D eigenvalue weighted by molar-refractivity contribution is 0.405. The molecule has 0 atom stereocenters. The molecule has 0 N–H and O–H groups in total. The van der Waals surface area contributed by atoms with Crippen LogP contribution in [0.1, 0.15) is 27.8 Å². The molecule has 0 fully saturated rings. The number of aliphatic imine (C=N–C) groups is 1. The molecule has 37 heavy (non-hydrogen) atoms. The molecule has 0 unspecified atom stereocenters. The Morgan fingerprint density at radius 3 is 1.65 bits per heavy atom. The molecule has 0 heterocycles. The molecule has 4 aromatic rings. The lowest BCUT2D eigenvalue weighted by atomic mass is 10.1. The molecule has 4 rings (SSSR count). The van der Waals surface area contributed by atoms with Crippen LogP contribution in [0.4, 0.5) is 5.69 Å². The van der Waals surface area contributed by atoms with Gasteiger partial charge in [-0.05, 0) is 65.9 Å². The highest BCUT2D eigenvalue weighted by Crippen LogP contribution is 2.29. The molecule has 4 nitrogen and oxygen atoms in total. The van der Waals surface area contributed by atoms with Crippen molar-refractivity contribution in [1.29, 1.82) is 0 Å². The van der Waals surface area contributed by atoms with Crippen molar-refractivity contribution in [1.82, 2.24) is 4.90 Å². The maximum Gasteiger partial charge on any atom is 0.165 e. The normalized spacial score (nSPS) is 11.3. The van der Waals surface area contributed by atoms with Gasteiger partial charge in [-0.15, -0.1) is 0 Å². The van der Waals surface area contributed by atoms with Crippen LogP contribution >= 0.6 is 11.8 Å². The minimum Gasteiger partial charge on any atom is -0.497 e. The Bertz CT molecular complexity index is 1230. The summed E-state index contributed by atoms with van der Waals surface area (Å²) >= 11 is 1.78. The van der Waals surface area contributed by atoms with E-state index in [1.165, 1.54) is 27.8 Å². The van der Waals surface area contributed by atoms with Crippen LogP contribution in [0.25, 0.3) is 0 Å². The molecule has 0 spiro atoms. The van der Waals surface area contributed by atoms with Crippen molar-refractivity contribution in [2.45, 2.75) is 32.7 Å². The van der Waals surface area contributed by atoms with Crippen molar-refractivity contribution < 1.29 is 9.47 Å². The molecule has 0 radical (unpaired) electrons. The Balaban J connectivity index is 1.73. The third-order valence-corrected chi connectivity index (χ3v) is 7.28. The number of hydrogen-bond donors (Lipinski definition) is 0. The second kappa shape index (κ2) is 13.0. The van der Waals surface area contributed by atoms with Gasteiger partial charge in [0.05, 0.1) is 19.9 Å². The Labute approximate surface area is 225 Å². The van der Waals surface area contributed by atoms with Crippen molar-refractivity contribution in [3.05, 3.63) is 125 Å². The quantitative estimate of drug-likeness (QED) is 0.169. The predicted octanol–water partition coefficient (Wildman–Crippen LogP) is 7.94. The third-order valence-electron chi connectivity index (χ3n) is 6.19. The third kappa shape index (κ3) is 7.40. The average molecular weight is 511 g/mol. The summed E-state index contributed by atoms with van der Waals surface area (Å²) in [7, 11) is 3.39. The molecule has 190 valence electrons. The molecule has 0 aromatic heterocycles. The first-order valence-electron chi connectivity index (χ1n) is 12.4. The van der Waals surface area contributed by atoms with Crippen LogP contribution in [0.5, 0.6) is 11.5 Å². The number of hydrogen-bond acceptors (Lipinski definition) is 4. The van der Waals surface area contributed by atoms with E-state index in [1.807, 2.05) is 24.3 Å². The van der Waals surface area contributed by atoms with Crippen LogP contribution in [-0.4, -0.2) is 24.3 Å². The van der Waals surface area contributed by atoms with Crippen LogP contribution in [0.15, 0.2) is 102 Å². The summed E-state index contributed by atoms with van der Waals surface area (Å²) < 4.78 is 10.8. The zero-order chi connectivity index (χ0) is 26.0. The standard InChI is InChI=1S/C32H34N2O2S/c1-24-9-8-10-25(2)31(24)33-32(37-23-28-11-6-5-7-12-28)34(21-26-13-17-29(35-3)18-14-26)22-27-15-19-30(36-4)20-16-27/h5-20H,21-23H2,1-4H3. The van der Waals surface area contributed by atoms with Crippen LogP contribution in [0, 0.1) is 13.8 Å². The molecule has 0 aliphatic heterocycles. The lowest BCUT2D eigenvalue weighted by Gasteiger charge is -2.27. The van der Waals surface area contributed by atoms with Crippen LogP contribution < -0.4 is 9.47 Å². The SMILES string of the molecule is COc1ccc(CN(Cc2ccc(OC)cc2)C(=Nc2c(C)cccc2C)SCc2ccccc2)cc1. The molecule has 0 aliphatic rings. The maximum absolute atomic E-state index is 5.38. The molecule has 0 saturated carbocycles. The number of methoxy groups -OCH3 is 2. The molecule has 0 aliphatic carbocycles. The Morgan fingerprint density at radius 2 is 1.16 bits per heavy atom. The van der Waals surface area contributed by atoms with Gasteiger partial charge in [0.1, 0.15) is 11.5 Å². The highest BCUT2D eigenvalue weighted by Gasteiger charge is 2.16. The van der Waals surface area contributed by atoms with E-state index in [4.69, 9.17) is 14.5 Å². The van der Waals surface area contributed by atoms with Crippen molar-refractivity contribution in [3.8, 4) is 11.5 Å². The Hall–Kier alpha value is -3.70. The van der Waals surface area contributed by atoms with Gasteiger partial charge < -0.3 is 14.4 Å². The first kappa shape index (κ1) is 26.4. The fourth-order valence-electron chi connectivity index (χ4n) is 4.09. The number of thioether (sulfide) groups is 1. The van der Waals surface area contributed by atoms with E-state index in [0.717, 1.165) is 41.2 Å². The van der Waals surface area contributed by atoms with Crippen LogP contribution in [0.3, 0.4) is 0 Å². The van der Waals surface area contributed by atoms with Crippen molar-refractivity contribution in [2.75, 3.05) is 14.2 Å². The molecule has 0 amide bonds.